The normalized spacial score (nSPS) is 12.2. The van der Waals surface area contributed by atoms with Crippen molar-refractivity contribution in [1.82, 2.24) is 20.6 Å². The second-order valence-corrected chi connectivity index (χ2v) is 8.27. The van der Waals surface area contributed by atoms with Crippen LogP contribution >= 0.6 is 46.7 Å². The van der Waals surface area contributed by atoms with Gasteiger partial charge in [-0.25, -0.2) is 14.8 Å². The number of halogens is 1. The van der Waals surface area contributed by atoms with Crippen LogP contribution in [0.2, 0.25) is 0 Å². The number of aromatic nitrogens is 2. The van der Waals surface area contributed by atoms with E-state index >= 15 is 0 Å². The van der Waals surface area contributed by atoms with Crippen molar-refractivity contribution < 1.29 is 9.53 Å². The highest BCUT2D eigenvalue weighted by molar-refractivity contribution is 14.0. The minimum absolute atomic E-state index is 0. The third-order valence-corrected chi connectivity index (χ3v) is 6.17. The molecule has 0 aliphatic rings. The van der Waals surface area contributed by atoms with Crippen LogP contribution in [-0.4, -0.2) is 41.6 Å². The van der Waals surface area contributed by atoms with Crippen LogP contribution in [-0.2, 0) is 11.2 Å². The average Bonchev–Trinajstić information content (AvgIpc) is 3.24. The maximum Gasteiger partial charge on any atom is 0.350 e. The molecule has 0 bridgehead atoms. The van der Waals surface area contributed by atoms with Gasteiger partial charge in [0.05, 0.1) is 23.4 Å². The van der Waals surface area contributed by atoms with E-state index in [-0.39, 0.29) is 36.0 Å². The van der Waals surface area contributed by atoms with Gasteiger partial charge in [-0.1, -0.05) is 0 Å². The van der Waals surface area contributed by atoms with E-state index in [4.69, 9.17) is 4.74 Å². The lowest BCUT2D eigenvalue weighted by atomic mass is 10.3. The van der Waals surface area contributed by atoms with Crippen molar-refractivity contribution in [2.75, 3.05) is 19.7 Å². The quantitative estimate of drug-likeness (QED) is 0.159. The number of guanidine groups is 1. The Bertz CT molecular complexity index is 806. The molecule has 0 saturated carbocycles. The van der Waals surface area contributed by atoms with E-state index in [1.165, 1.54) is 11.3 Å². The zero-order valence-corrected chi connectivity index (χ0v) is 21.5. The first-order valence-electron chi connectivity index (χ1n) is 9.54. The molecule has 0 aliphatic carbocycles. The zero-order chi connectivity index (χ0) is 20.5. The second-order valence-electron chi connectivity index (χ2n) is 6.30. The highest BCUT2D eigenvalue weighted by Gasteiger charge is 2.20. The number of nitrogens with one attached hydrogen (secondary N) is 2. The van der Waals surface area contributed by atoms with Crippen molar-refractivity contribution in [3.05, 3.63) is 31.7 Å². The molecular weight excluding hydrogens is 521 g/mol. The van der Waals surface area contributed by atoms with Gasteiger partial charge in [-0.2, -0.15) is 0 Å². The lowest BCUT2D eigenvalue weighted by Gasteiger charge is -2.16. The van der Waals surface area contributed by atoms with Crippen LogP contribution in [0.15, 0.2) is 10.4 Å². The summed E-state index contributed by atoms with van der Waals surface area (Å²) in [5.41, 5.74) is 1.78. The molecule has 0 radical (unpaired) electrons. The molecule has 0 aliphatic heterocycles. The molecule has 0 saturated heterocycles. The molecule has 0 aromatic carbocycles. The van der Waals surface area contributed by atoms with Crippen LogP contribution in [0.5, 0.6) is 0 Å². The van der Waals surface area contributed by atoms with E-state index in [2.05, 4.69) is 31.0 Å². The molecule has 29 heavy (non-hydrogen) atoms. The van der Waals surface area contributed by atoms with Crippen molar-refractivity contribution in [3.63, 3.8) is 0 Å². The van der Waals surface area contributed by atoms with Gasteiger partial charge < -0.3 is 15.4 Å². The summed E-state index contributed by atoms with van der Waals surface area (Å²) in [7, 11) is 0. The molecule has 0 fully saturated rings. The summed E-state index contributed by atoms with van der Waals surface area (Å²) >= 11 is 3.07. The van der Waals surface area contributed by atoms with Gasteiger partial charge in [-0.05, 0) is 41.0 Å². The third kappa shape index (κ3) is 8.17. The first-order chi connectivity index (χ1) is 13.4. The molecular formula is C19H30IN5O2S2. The number of nitrogens with zero attached hydrogens (tertiary/aromatic N) is 3. The fourth-order valence-electron chi connectivity index (χ4n) is 2.51. The standard InChI is InChI=1S/C19H29N5O2S2.HI/c1-6-20-19(21-10-8-9-15-22-12(3)11-27-15)24-14(5)17-23-13(4)16(28-17)18(25)26-7-2;/h11,14H,6-10H2,1-5H3,(H2,20,21,24);1H. The summed E-state index contributed by atoms with van der Waals surface area (Å²) < 4.78 is 5.10. The number of hydrogen-bond acceptors (Lipinski definition) is 7. The Labute approximate surface area is 197 Å². The van der Waals surface area contributed by atoms with Gasteiger partial charge in [0.15, 0.2) is 5.96 Å². The molecule has 0 amide bonds. The molecule has 7 nitrogen and oxygen atoms in total. The average molecular weight is 552 g/mol. The number of thiazole rings is 2. The predicted octanol–water partition coefficient (Wildman–Crippen LogP) is 4.26. The second kappa shape index (κ2) is 13.1. The Morgan fingerprint density at radius 3 is 2.69 bits per heavy atom. The lowest BCUT2D eigenvalue weighted by Crippen LogP contribution is -2.38. The number of aryl methyl sites for hydroxylation is 3. The topological polar surface area (TPSA) is 88.5 Å². The fraction of sp³-hybridized carbons (Fsp3) is 0.579. The summed E-state index contributed by atoms with van der Waals surface area (Å²) in [5, 5.41) is 10.7. The minimum atomic E-state index is -0.311. The van der Waals surface area contributed by atoms with E-state index in [0.29, 0.717) is 23.7 Å². The van der Waals surface area contributed by atoms with E-state index in [1.54, 1.807) is 18.3 Å². The Balaban J connectivity index is 0.00000420. The maximum atomic E-state index is 12.0. The number of rotatable bonds is 9. The lowest BCUT2D eigenvalue weighted by molar-refractivity contribution is 0.0531. The largest absolute Gasteiger partial charge is 0.462 e. The molecule has 1 unspecified atom stereocenters. The number of carbonyl (C=O) groups excluding carboxylic acids is 1. The Morgan fingerprint density at radius 2 is 2.07 bits per heavy atom. The van der Waals surface area contributed by atoms with E-state index in [9.17, 15) is 4.79 Å². The van der Waals surface area contributed by atoms with Gasteiger partial charge in [0.1, 0.15) is 9.88 Å². The third-order valence-electron chi connectivity index (χ3n) is 3.83. The molecule has 0 spiro atoms. The van der Waals surface area contributed by atoms with E-state index in [1.807, 2.05) is 27.7 Å². The number of ether oxygens (including phenoxy) is 1. The number of esters is 1. The predicted molar refractivity (Wildman–Crippen MR) is 131 cm³/mol. The summed E-state index contributed by atoms with van der Waals surface area (Å²) in [6.45, 7) is 11.5. The fourth-order valence-corrected chi connectivity index (χ4v) is 4.30. The van der Waals surface area contributed by atoms with Crippen molar-refractivity contribution in [2.45, 2.75) is 53.5 Å². The summed E-state index contributed by atoms with van der Waals surface area (Å²) in [6, 6.07) is -0.0636. The SMILES string of the molecule is CCNC(=NCCCc1nc(C)cs1)NC(C)c1nc(C)c(C(=O)OCC)s1.I. The summed E-state index contributed by atoms with van der Waals surface area (Å²) in [4.78, 5) is 26.2. The van der Waals surface area contributed by atoms with Crippen LogP contribution in [0.3, 0.4) is 0 Å². The van der Waals surface area contributed by atoms with E-state index in [0.717, 1.165) is 41.1 Å². The molecule has 1 atom stereocenters. The van der Waals surface area contributed by atoms with Crippen molar-refractivity contribution in [3.8, 4) is 0 Å². The van der Waals surface area contributed by atoms with Gasteiger partial charge in [-0.15, -0.1) is 46.7 Å². The molecule has 10 heteroatoms. The highest BCUT2D eigenvalue weighted by atomic mass is 127. The van der Waals surface area contributed by atoms with E-state index < -0.39 is 0 Å². The van der Waals surface area contributed by atoms with Crippen LogP contribution in [0.1, 0.15) is 64.3 Å². The Morgan fingerprint density at radius 1 is 1.31 bits per heavy atom. The molecule has 162 valence electrons. The first-order valence-corrected chi connectivity index (χ1v) is 11.2. The molecule has 2 aromatic rings. The van der Waals surface area contributed by atoms with Crippen molar-refractivity contribution in [2.24, 2.45) is 4.99 Å². The number of carbonyl (C=O) groups is 1. The monoisotopic (exact) mass is 551 g/mol. The van der Waals surface area contributed by atoms with Crippen LogP contribution in [0, 0.1) is 13.8 Å². The van der Waals surface area contributed by atoms with Gasteiger partial charge in [0.2, 0.25) is 0 Å². The van der Waals surface area contributed by atoms with Crippen molar-refractivity contribution >= 4 is 58.6 Å². The number of aliphatic imine (C=N–C) groups is 1. The zero-order valence-electron chi connectivity index (χ0n) is 17.6. The minimum Gasteiger partial charge on any atom is -0.462 e. The molecule has 2 rings (SSSR count). The molecule has 2 aromatic heterocycles. The molecule has 2 heterocycles. The van der Waals surface area contributed by atoms with Gasteiger partial charge in [0.25, 0.3) is 0 Å². The Hall–Kier alpha value is -1.27. The van der Waals surface area contributed by atoms with Crippen LogP contribution in [0.4, 0.5) is 0 Å². The van der Waals surface area contributed by atoms with Gasteiger partial charge in [-0.3, -0.25) is 4.99 Å². The highest BCUT2D eigenvalue weighted by Crippen LogP contribution is 2.24. The summed E-state index contributed by atoms with van der Waals surface area (Å²) in [5.74, 6) is 0.435. The smallest absolute Gasteiger partial charge is 0.350 e. The van der Waals surface area contributed by atoms with Gasteiger partial charge >= 0.3 is 5.97 Å². The molecule has 2 N–H and O–H groups in total. The number of hydrogen-bond donors (Lipinski definition) is 2. The van der Waals surface area contributed by atoms with Crippen LogP contribution in [0.25, 0.3) is 0 Å². The first kappa shape index (κ1) is 25.8. The Kier molecular flexibility index (Phi) is 11.7. The van der Waals surface area contributed by atoms with Crippen molar-refractivity contribution in [1.29, 1.82) is 0 Å². The maximum absolute atomic E-state index is 12.0. The summed E-state index contributed by atoms with van der Waals surface area (Å²) in [6.07, 6.45) is 1.88. The van der Waals surface area contributed by atoms with Gasteiger partial charge in [0, 0.05) is 30.6 Å². The van der Waals surface area contributed by atoms with Crippen LogP contribution < -0.4 is 10.6 Å².